The minimum atomic E-state index is -0.0683. The summed E-state index contributed by atoms with van der Waals surface area (Å²) < 4.78 is 1.49. The summed E-state index contributed by atoms with van der Waals surface area (Å²) in [7, 11) is 0. The van der Waals surface area contributed by atoms with Crippen molar-refractivity contribution in [3.8, 4) is 16.9 Å². The zero-order valence-electron chi connectivity index (χ0n) is 11.3. The molecule has 0 fully saturated rings. The average molecular weight is 349 g/mol. The molecule has 1 N–H and O–H groups in total. The molecule has 2 heterocycles. The van der Waals surface area contributed by atoms with Gasteiger partial charge in [-0.05, 0) is 24.3 Å². The molecule has 6 heteroatoms. The predicted molar refractivity (Wildman–Crippen MR) is 91.4 cm³/mol. The molecule has 0 radical (unpaired) electrons. The van der Waals surface area contributed by atoms with Crippen molar-refractivity contribution in [2.45, 2.75) is 10.6 Å². The van der Waals surface area contributed by atoms with Crippen LogP contribution in [-0.2, 0) is 5.75 Å². The molecule has 4 rings (SSSR count). The number of fused-ring (bicyclic) bond motifs is 3. The smallest absolute Gasteiger partial charge is 0.275 e. The van der Waals surface area contributed by atoms with Gasteiger partial charge in [-0.3, -0.25) is 9.89 Å². The van der Waals surface area contributed by atoms with Gasteiger partial charge < -0.3 is 0 Å². The average Bonchev–Trinajstić information content (AvgIpc) is 2.85. The predicted octanol–water partition coefficient (Wildman–Crippen LogP) is 4.75. The summed E-state index contributed by atoms with van der Waals surface area (Å²) in [4.78, 5) is 13.9. The van der Waals surface area contributed by atoms with Crippen LogP contribution in [-0.4, -0.2) is 9.78 Å². The van der Waals surface area contributed by atoms with Crippen molar-refractivity contribution in [2.75, 3.05) is 0 Å². The fourth-order valence-electron chi connectivity index (χ4n) is 2.61. The van der Waals surface area contributed by atoms with Crippen molar-refractivity contribution in [3.05, 3.63) is 68.4 Å². The van der Waals surface area contributed by atoms with Gasteiger partial charge in [0.15, 0.2) is 0 Å². The standard InChI is InChI=1S/C16H10Cl2N2OS/c17-9-5-6-13(12(18)7-9)20-16(21)11-8-22-14-4-2-1-3-10(14)15(11)19-20/h1-7,19H,8H2. The van der Waals surface area contributed by atoms with Crippen molar-refractivity contribution in [2.24, 2.45) is 0 Å². The normalized spacial score (nSPS) is 12.8. The van der Waals surface area contributed by atoms with Gasteiger partial charge in [0.05, 0.1) is 22.0 Å². The van der Waals surface area contributed by atoms with E-state index in [1.165, 1.54) is 9.58 Å². The lowest BCUT2D eigenvalue weighted by atomic mass is 10.1. The zero-order chi connectivity index (χ0) is 15.3. The molecule has 0 atom stereocenters. The number of H-pyrrole nitrogens is 1. The van der Waals surface area contributed by atoms with Crippen molar-refractivity contribution >= 4 is 35.0 Å². The molecule has 1 aliphatic rings. The van der Waals surface area contributed by atoms with Crippen LogP contribution in [0.2, 0.25) is 10.0 Å². The summed E-state index contributed by atoms with van der Waals surface area (Å²) in [5.41, 5.74) is 3.23. The Kier molecular flexibility index (Phi) is 3.33. The number of hydrogen-bond acceptors (Lipinski definition) is 2. The molecule has 0 aliphatic carbocycles. The second kappa shape index (κ2) is 5.23. The molecule has 3 aromatic rings. The van der Waals surface area contributed by atoms with E-state index in [4.69, 9.17) is 23.2 Å². The van der Waals surface area contributed by atoms with Gasteiger partial charge in [-0.1, -0.05) is 41.4 Å². The molecule has 3 nitrogen and oxygen atoms in total. The molecule has 2 aromatic carbocycles. The Morgan fingerprint density at radius 3 is 2.77 bits per heavy atom. The van der Waals surface area contributed by atoms with Gasteiger partial charge >= 0.3 is 0 Å². The second-order valence-electron chi connectivity index (χ2n) is 4.99. The maximum atomic E-state index is 12.7. The summed E-state index contributed by atoms with van der Waals surface area (Å²) in [6.45, 7) is 0. The largest absolute Gasteiger partial charge is 0.290 e. The van der Waals surface area contributed by atoms with Crippen LogP contribution in [0, 0.1) is 0 Å². The van der Waals surface area contributed by atoms with Crippen LogP contribution in [0.1, 0.15) is 5.56 Å². The third kappa shape index (κ3) is 2.10. The van der Waals surface area contributed by atoms with Gasteiger partial charge in [-0.2, -0.15) is 0 Å². The van der Waals surface area contributed by atoms with Gasteiger partial charge in [0.2, 0.25) is 0 Å². The van der Waals surface area contributed by atoms with Crippen LogP contribution in [0.5, 0.6) is 0 Å². The molecule has 0 spiro atoms. The lowest BCUT2D eigenvalue weighted by Crippen LogP contribution is -2.17. The number of halogens is 2. The Morgan fingerprint density at radius 1 is 1.14 bits per heavy atom. The number of aromatic amines is 1. The maximum Gasteiger partial charge on any atom is 0.275 e. The first-order valence-electron chi connectivity index (χ1n) is 6.66. The first-order valence-corrected chi connectivity index (χ1v) is 8.41. The van der Waals surface area contributed by atoms with Gasteiger partial charge in [0.25, 0.3) is 5.56 Å². The van der Waals surface area contributed by atoms with Crippen LogP contribution in [0.25, 0.3) is 16.9 Å². The molecule has 0 saturated heterocycles. The quantitative estimate of drug-likeness (QED) is 0.689. The third-order valence-corrected chi connectivity index (χ3v) is 5.30. The highest BCUT2D eigenvalue weighted by Gasteiger charge is 2.23. The van der Waals surface area contributed by atoms with Crippen LogP contribution < -0.4 is 5.56 Å². The van der Waals surface area contributed by atoms with Gasteiger partial charge in [0.1, 0.15) is 0 Å². The fraction of sp³-hybridized carbons (Fsp3) is 0.0625. The lowest BCUT2D eigenvalue weighted by Gasteiger charge is -2.13. The summed E-state index contributed by atoms with van der Waals surface area (Å²) in [5.74, 6) is 0.653. The molecular weight excluding hydrogens is 339 g/mol. The summed E-state index contributed by atoms with van der Waals surface area (Å²) in [6.07, 6.45) is 0. The molecule has 0 bridgehead atoms. The monoisotopic (exact) mass is 348 g/mol. The molecule has 0 unspecified atom stereocenters. The van der Waals surface area contributed by atoms with E-state index in [-0.39, 0.29) is 5.56 Å². The van der Waals surface area contributed by atoms with E-state index < -0.39 is 0 Å². The van der Waals surface area contributed by atoms with E-state index in [0.29, 0.717) is 21.5 Å². The summed E-state index contributed by atoms with van der Waals surface area (Å²) >= 11 is 13.8. The first kappa shape index (κ1) is 14.0. The SMILES string of the molecule is O=c1c2c([nH]n1-c1ccc(Cl)cc1Cl)-c1ccccc1SC2. The van der Waals surface area contributed by atoms with E-state index in [1.807, 2.05) is 18.2 Å². The number of aromatic nitrogens is 2. The van der Waals surface area contributed by atoms with Crippen LogP contribution in [0.4, 0.5) is 0 Å². The van der Waals surface area contributed by atoms with Crippen LogP contribution in [0.3, 0.4) is 0 Å². The molecular formula is C16H10Cl2N2OS. The Labute approximate surface area is 140 Å². The number of nitrogens with one attached hydrogen (secondary N) is 1. The molecule has 0 saturated carbocycles. The second-order valence-corrected chi connectivity index (χ2v) is 6.85. The minimum absolute atomic E-state index is 0.0683. The molecule has 0 amide bonds. The van der Waals surface area contributed by atoms with Gasteiger partial charge in [0, 0.05) is 21.2 Å². The Morgan fingerprint density at radius 2 is 1.95 bits per heavy atom. The van der Waals surface area contributed by atoms with E-state index in [1.54, 1.807) is 30.0 Å². The highest BCUT2D eigenvalue weighted by molar-refractivity contribution is 7.98. The van der Waals surface area contributed by atoms with Crippen LogP contribution in [0.15, 0.2) is 52.2 Å². The zero-order valence-corrected chi connectivity index (χ0v) is 13.6. The number of rotatable bonds is 1. The van der Waals surface area contributed by atoms with Crippen LogP contribution >= 0.6 is 35.0 Å². The van der Waals surface area contributed by atoms with Crippen molar-refractivity contribution in [1.82, 2.24) is 9.78 Å². The van der Waals surface area contributed by atoms with Crippen molar-refractivity contribution < 1.29 is 0 Å². The number of benzene rings is 2. The first-order chi connectivity index (χ1) is 10.6. The van der Waals surface area contributed by atoms with E-state index in [9.17, 15) is 4.79 Å². The Hall–Kier alpha value is -1.62. The van der Waals surface area contributed by atoms with E-state index in [2.05, 4.69) is 11.2 Å². The molecule has 1 aromatic heterocycles. The topological polar surface area (TPSA) is 37.8 Å². The maximum absolute atomic E-state index is 12.7. The Balaban J connectivity index is 1.95. The minimum Gasteiger partial charge on any atom is -0.290 e. The lowest BCUT2D eigenvalue weighted by molar-refractivity contribution is 0.851. The number of thioether (sulfide) groups is 1. The molecule has 22 heavy (non-hydrogen) atoms. The van der Waals surface area contributed by atoms with Crippen molar-refractivity contribution in [1.29, 1.82) is 0 Å². The summed E-state index contributed by atoms with van der Waals surface area (Å²) in [6, 6.07) is 13.2. The fourth-order valence-corrected chi connectivity index (χ4v) is 4.17. The third-order valence-electron chi connectivity index (χ3n) is 3.67. The van der Waals surface area contributed by atoms with Gasteiger partial charge in [-0.15, -0.1) is 11.8 Å². The van der Waals surface area contributed by atoms with Crippen molar-refractivity contribution in [3.63, 3.8) is 0 Å². The van der Waals surface area contributed by atoms with E-state index in [0.717, 1.165) is 16.8 Å². The molecule has 110 valence electrons. The van der Waals surface area contributed by atoms with Gasteiger partial charge in [-0.25, -0.2) is 4.68 Å². The number of hydrogen-bond donors (Lipinski definition) is 1. The summed E-state index contributed by atoms with van der Waals surface area (Å²) in [5, 5.41) is 4.18. The highest BCUT2D eigenvalue weighted by Crippen LogP contribution is 2.39. The Bertz CT molecular complexity index is 946. The molecule has 1 aliphatic heterocycles. The highest BCUT2D eigenvalue weighted by atomic mass is 35.5. The van der Waals surface area contributed by atoms with E-state index >= 15 is 0 Å². The number of nitrogens with zero attached hydrogens (tertiary/aromatic N) is 1.